The van der Waals surface area contributed by atoms with E-state index >= 15 is 0 Å². The van der Waals surface area contributed by atoms with Crippen molar-refractivity contribution in [1.29, 1.82) is 0 Å². The van der Waals surface area contributed by atoms with Gasteiger partial charge in [0.05, 0.1) is 28.8 Å². The van der Waals surface area contributed by atoms with Crippen LogP contribution in [0.1, 0.15) is 106 Å². The highest BCUT2D eigenvalue weighted by atomic mass is 16.7. The zero-order chi connectivity index (χ0) is 35.0. The van der Waals surface area contributed by atoms with Gasteiger partial charge < -0.3 is 29.5 Å². The number of carbonyl (C=O) groups excluding carboxylic acids is 1. The molecule has 1 aromatic rings. The van der Waals surface area contributed by atoms with Gasteiger partial charge in [-0.1, -0.05) is 34.1 Å². The monoisotopic (exact) mass is 671 g/mol. The Balaban J connectivity index is 1.15. The molecule has 6 rings (SSSR count). The van der Waals surface area contributed by atoms with Gasteiger partial charge in [0.25, 0.3) is 5.69 Å². The van der Waals surface area contributed by atoms with Crippen molar-refractivity contribution < 1.29 is 39.2 Å². The maximum atomic E-state index is 12.9. The number of nitro groups is 1. The van der Waals surface area contributed by atoms with Gasteiger partial charge in [-0.3, -0.25) is 10.1 Å². The van der Waals surface area contributed by atoms with Crippen LogP contribution >= 0.6 is 0 Å². The summed E-state index contributed by atoms with van der Waals surface area (Å²) in [5.74, 6) is 1.43. The van der Waals surface area contributed by atoms with Crippen LogP contribution in [0.5, 0.6) is 5.75 Å². The number of aliphatic hydroxyl groups is 3. The number of nitro benzene ring substituents is 1. The van der Waals surface area contributed by atoms with E-state index in [4.69, 9.17) is 14.2 Å². The number of nitrogens with zero attached hydrogens (tertiary/aromatic N) is 1. The fourth-order valence-electron chi connectivity index (χ4n) is 12.7. The van der Waals surface area contributed by atoms with Crippen LogP contribution < -0.4 is 4.74 Å². The van der Waals surface area contributed by atoms with E-state index in [1.165, 1.54) is 24.3 Å². The Hall–Kier alpha value is -2.27. The van der Waals surface area contributed by atoms with E-state index in [9.17, 15) is 30.2 Å². The van der Waals surface area contributed by atoms with E-state index in [0.29, 0.717) is 30.8 Å². The highest BCUT2D eigenvalue weighted by Crippen LogP contribution is 2.89. The molecule has 5 saturated carbocycles. The van der Waals surface area contributed by atoms with Crippen molar-refractivity contribution in [2.75, 3.05) is 6.61 Å². The highest BCUT2D eigenvalue weighted by molar-refractivity contribution is 5.64. The van der Waals surface area contributed by atoms with Gasteiger partial charge in [-0.25, -0.2) is 4.79 Å². The van der Waals surface area contributed by atoms with Crippen molar-refractivity contribution in [3.05, 3.63) is 34.4 Å². The molecule has 3 N–H and O–H groups in total. The number of ether oxygens (including phenoxy) is 3. The standard InChI is InChI=1S/C38H57NO9/c1-8-46-29(35(5,6)43)11-9-10-26-31(40)32(41)30-25-16-17-27-34(3,4)28(48-33(42)47-24-14-12-23(13-15-24)39(44)45)18-19-38(27)22(2)37(25,38)21-20-36(26,30)7/h12-15,22,25-32,40-41,43H,8-11,16-21H2,1-7H3/t22?,25-,26?,27?,28-,29-,30?,31-,32?,36+,37-,38+/m0/s1. The van der Waals surface area contributed by atoms with Gasteiger partial charge in [0.2, 0.25) is 0 Å². The number of hydrogen-bond acceptors (Lipinski definition) is 9. The number of fused-ring (bicyclic) bond motifs is 2. The van der Waals surface area contributed by atoms with Gasteiger partial charge in [0.1, 0.15) is 11.9 Å². The van der Waals surface area contributed by atoms with Crippen LogP contribution in [0.15, 0.2) is 24.3 Å². The quantitative estimate of drug-likeness (QED) is 0.103. The van der Waals surface area contributed by atoms with Gasteiger partial charge >= 0.3 is 6.16 Å². The van der Waals surface area contributed by atoms with Crippen LogP contribution in [0.3, 0.4) is 0 Å². The van der Waals surface area contributed by atoms with E-state index in [1.54, 1.807) is 13.8 Å². The Bertz CT molecular complexity index is 1370. The summed E-state index contributed by atoms with van der Waals surface area (Å²) in [4.78, 5) is 23.4. The van der Waals surface area contributed by atoms with Gasteiger partial charge in [-0.05, 0) is 130 Å². The molecule has 0 amide bonds. The summed E-state index contributed by atoms with van der Waals surface area (Å²) in [5.41, 5.74) is -1.23. The molecule has 48 heavy (non-hydrogen) atoms. The molecule has 10 heteroatoms. The molecule has 12 atom stereocenters. The lowest BCUT2D eigenvalue weighted by molar-refractivity contribution is -0.384. The molecule has 5 aliphatic carbocycles. The number of aliphatic hydroxyl groups excluding tert-OH is 2. The first-order valence-corrected chi connectivity index (χ1v) is 18.3. The maximum absolute atomic E-state index is 12.9. The second-order valence-corrected chi connectivity index (χ2v) is 17.3. The molecular weight excluding hydrogens is 614 g/mol. The third-order valence-electron chi connectivity index (χ3n) is 14.8. The molecule has 0 heterocycles. The Morgan fingerprint density at radius 3 is 2.35 bits per heavy atom. The fraction of sp³-hybridized carbons (Fsp3) is 0.816. The molecule has 1 aromatic carbocycles. The molecule has 5 unspecified atom stereocenters. The van der Waals surface area contributed by atoms with Crippen LogP contribution in [0.4, 0.5) is 10.5 Å². The van der Waals surface area contributed by atoms with Crippen molar-refractivity contribution in [2.45, 2.75) is 136 Å². The second-order valence-electron chi connectivity index (χ2n) is 17.3. The summed E-state index contributed by atoms with van der Waals surface area (Å²) in [6, 6.07) is 5.41. The van der Waals surface area contributed by atoms with E-state index in [1.807, 2.05) is 6.92 Å². The fourth-order valence-corrected chi connectivity index (χ4v) is 12.7. The van der Waals surface area contributed by atoms with E-state index in [-0.39, 0.29) is 57.1 Å². The third-order valence-corrected chi connectivity index (χ3v) is 14.8. The Kier molecular flexibility index (Phi) is 9.04. The normalized spacial score (nSPS) is 41.6. The van der Waals surface area contributed by atoms with Crippen molar-refractivity contribution in [1.82, 2.24) is 0 Å². The zero-order valence-electron chi connectivity index (χ0n) is 29.8. The minimum absolute atomic E-state index is 0.00371. The number of benzene rings is 1. The van der Waals surface area contributed by atoms with E-state index in [2.05, 4.69) is 27.7 Å². The number of hydrogen-bond donors (Lipinski definition) is 3. The van der Waals surface area contributed by atoms with Gasteiger partial charge in [-0.2, -0.15) is 0 Å². The first-order valence-electron chi connectivity index (χ1n) is 18.3. The molecule has 2 spiro atoms. The first-order chi connectivity index (χ1) is 22.5. The second kappa shape index (κ2) is 12.2. The van der Waals surface area contributed by atoms with Crippen molar-refractivity contribution in [3.63, 3.8) is 0 Å². The summed E-state index contributed by atoms with van der Waals surface area (Å²) in [5, 5.41) is 45.0. The predicted octanol–water partition coefficient (Wildman–Crippen LogP) is 7.06. The van der Waals surface area contributed by atoms with Gasteiger partial charge in [-0.15, -0.1) is 0 Å². The van der Waals surface area contributed by atoms with Crippen LogP contribution in [-0.2, 0) is 9.47 Å². The molecule has 0 bridgehead atoms. The minimum Gasteiger partial charge on any atom is -0.430 e. The average molecular weight is 672 g/mol. The summed E-state index contributed by atoms with van der Waals surface area (Å²) >= 11 is 0. The lowest BCUT2D eigenvalue weighted by Crippen LogP contribution is -2.56. The molecule has 5 aliphatic rings. The van der Waals surface area contributed by atoms with Crippen LogP contribution in [-0.4, -0.2) is 63.0 Å². The maximum Gasteiger partial charge on any atom is 0.514 e. The number of rotatable bonds is 10. The third kappa shape index (κ3) is 5.22. The molecule has 268 valence electrons. The Morgan fingerprint density at radius 2 is 1.73 bits per heavy atom. The smallest absolute Gasteiger partial charge is 0.430 e. The summed E-state index contributed by atoms with van der Waals surface area (Å²) in [7, 11) is 0. The SMILES string of the molecule is CCO[C@@H](CCCC1[C@H](O)C(O)C2[C@@H]3CCC4C(C)(C)[C@@H](OC(=O)Oc5ccc([N+](=O)[O-])cc5)CC[C@@]45C(C)[C@@]35CC[C@]12C)C(C)(C)O. The summed E-state index contributed by atoms with van der Waals surface area (Å²) < 4.78 is 17.3. The predicted molar refractivity (Wildman–Crippen MR) is 179 cm³/mol. The number of carbonyl (C=O) groups is 1. The van der Waals surface area contributed by atoms with Crippen molar-refractivity contribution >= 4 is 11.8 Å². The van der Waals surface area contributed by atoms with E-state index < -0.39 is 28.9 Å². The largest absolute Gasteiger partial charge is 0.514 e. The topological polar surface area (TPSA) is 149 Å². The number of non-ortho nitro benzene ring substituents is 1. The van der Waals surface area contributed by atoms with Crippen LogP contribution in [0, 0.1) is 61.4 Å². The Labute approximate surface area is 285 Å². The molecule has 0 radical (unpaired) electrons. The lowest BCUT2D eigenvalue weighted by Gasteiger charge is -2.59. The Morgan fingerprint density at radius 1 is 1.04 bits per heavy atom. The van der Waals surface area contributed by atoms with Gasteiger partial charge in [0, 0.05) is 24.2 Å². The van der Waals surface area contributed by atoms with Crippen LogP contribution in [0.2, 0.25) is 0 Å². The molecule has 0 saturated heterocycles. The van der Waals surface area contributed by atoms with Crippen molar-refractivity contribution in [3.8, 4) is 5.75 Å². The first kappa shape index (κ1) is 35.6. The summed E-state index contributed by atoms with van der Waals surface area (Å²) in [6.07, 6.45) is 5.20. The van der Waals surface area contributed by atoms with Crippen molar-refractivity contribution in [2.24, 2.45) is 51.2 Å². The lowest BCUT2D eigenvalue weighted by atomic mass is 9.46. The average Bonchev–Trinajstić information content (AvgIpc) is 3.47. The van der Waals surface area contributed by atoms with Gasteiger partial charge in [0.15, 0.2) is 0 Å². The van der Waals surface area contributed by atoms with E-state index in [0.717, 1.165) is 51.4 Å². The summed E-state index contributed by atoms with van der Waals surface area (Å²) in [6.45, 7) is 15.2. The molecule has 0 aliphatic heterocycles. The molecule has 5 fully saturated rings. The molecule has 0 aromatic heterocycles. The molecule has 10 nitrogen and oxygen atoms in total. The van der Waals surface area contributed by atoms with Crippen LogP contribution in [0.25, 0.3) is 0 Å². The zero-order valence-corrected chi connectivity index (χ0v) is 29.8. The molecular formula is C38H57NO9. The highest BCUT2D eigenvalue weighted by Gasteiger charge is 2.85. The minimum atomic E-state index is -0.937.